The fourth-order valence-corrected chi connectivity index (χ4v) is 8.93. The Balaban J connectivity index is 1.45. The molecule has 5 rings (SSSR count). The highest BCUT2D eigenvalue weighted by Crippen LogP contribution is 2.67. The predicted molar refractivity (Wildman–Crippen MR) is 95.3 cm³/mol. The molecule has 0 aromatic heterocycles. The lowest BCUT2D eigenvalue weighted by Crippen LogP contribution is -2.48. The summed E-state index contributed by atoms with van der Waals surface area (Å²) in [5.41, 5.74) is 1.52. The second-order valence-corrected chi connectivity index (χ2v) is 10.2. The molecule has 0 heterocycles. The Bertz CT molecular complexity index is 530. The minimum absolute atomic E-state index is 0.351. The molecule has 5 fully saturated rings. The van der Waals surface area contributed by atoms with E-state index in [0.717, 1.165) is 28.6 Å². The maximum atomic E-state index is 13.4. The molecule has 120 valence electrons. The molecule has 22 heavy (non-hydrogen) atoms. The Labute approximate surface area is 143 Å². The number of fused-ring (bicyclic) bond motifs is 10. The molecule has 0 amide bonds. The smallest absolute Gasteiger partial charge is 0.140 e. The zero-order valence-electron chi connectivity index (χ0n) is 13.1. The van der Waals surface area contributed by atoms with Crippen molar-refractivity contribution in [1.29, 1.82) is 0 Å². The lowest BCUT2D eigenvalue weighted by atomic mass is 9.57. The molecule has 9 atom stereocenters. The van der Waals surface area contributed by atoms with Crippen LogP contribution in [0.25, 0.3) is 0 Å². The minimum atomic E-state index is 0.351. The zero-order chi connectivity index (χ0) is 15.0. The lowest BCUT2D eigenvalue weighted by molar-refractivity contribution is -0.135. The monoisotopic (exact) mass is 334 g/mol. The van der Waals surface area contributed by atoms with E-state index in [1.54, 1.807) is 0 Å². The number of carbonyl (C=O) groups excluding carboxylic acids is 1. The number of hydrogen-bond acceptors (Lipinski definition) is 3. The zero-order valence-corrected chi connectivity index (χ0v) is 14.8. The van der Waals surface area contributed by atoms with E-state index >= 15 is 0 Å². The largest absolute Gasteiger partial charge is 0.299 e. The van der Waals surface area contributed by atoms with Crippen molar-refractivity contribution in [3.8, 4) is 0 Å². The molecule has 0 aromatic carbocycles. The van der Waals surface area contributed by atoms with Gasteiger partial charge in [0, 0.05) is 22.8 Å². The van der Waals surface area contributed by atoms with Gasteiger partial charge in [-0.05, 0) is 73.4 Å². The van der Waals surface area contributed by atoms with Gasteiger partial charge < -0.3 is 0 Å². The SMILES string of the molecule is C=C1C2C3CCC(C3)C2C(=O)C2C3CC(CC3SCCS)C12. The summed E-state index contributed by atoms with van der Waals surface area (Å²) in [6, 6.07) is 0. The van der Waals surface area contributed by atoms with Crippen molar-refractivity contribution in [2.24, 2.45) is 47.3 Å². The molecule has 9 unspecified atom stereocenters. The molecule has 5 saturated carbocycles. The Morgan fingerprint density at radius 2 is 1.73 bits per heavy atom. The Morgan fingerprint density at radius 1 is 1.00 bits per heavy atom. The van der Waals surface area contributed by atoms with Gasteiger partial charge in [0.1, 0.15) is 5.78 Å². The number of thiol groups is 1. The molecule has 0 radical (unpaired) electrons. The summed E-state index contributed by atoms with van der Waals surface area (Å²) in [6.07, 6.45) is 6.64. The molecule has 5 aliphatic carbocycles. The van der Waals surface area contributed by atoms with Gasteiger partial charge in [-0.1, -0.05) is 12.2 Å². The highest BCUT2D eigenvalue weighted by Gasteiger charge is 2.65. The number of rotatable bonds is 3. The van der Waals surface area contributed by atoms with Crippen LogP contribution in [-0.2, 0) is 4.79 Å². The van der Waals surface area contributed by atoms with Crippen molar-refractivity contribution in [3.05, 3.63) is 12.2 Å². The van der Waals surface area contributed by atoms with E-state index in [-0.39, 0.29) is 0 Å². The predicted octanol–water partition coefficient (Wildman–Crippen LogP) is 4.09. The average Bonchev–Trinajstić information content (AvgIpc) is 3.27. The van der Waals surface area contributed by atoms with Crippen LogP contribution in [0.5, 0.6) is 0 Å². The maximum absolute atomic E-state index is 13.4. The van der Waals surface area contributed by atoms with Gasteiger partial charge in [-0.15, -0.1) is 0 Å². The van der Waals surface area contributed by atoms with Gasteiger partial charge in [-0.25, -0.2) is 0 Å². The molecule has 5 aliphatic rings. The van der Waals surface area contributed by atoms with Crippen LogP contribution in [-0.4, -0.2) is 22.5 Å². The van der Waals surface area contributed by atoms with Gasteiger partial charge in [0.25, 0.3) is 0 Å². The molecular formula is C19H26OS2. The minimum Gasteiger partial charge on any atom is -0.299 e. The van der Waals surface area contributed by atoms with Gasteiger partial charge in [0.05, 0.1) is 0 Å². The normalized spacial score (nSPS) is 54.9. The topological polar surface area (TPSA) is 17.1 Å². The van der Waals surface area contributed by atoms with Crippen LogP contribution < -0.4 is 0 Å². The molecule has 4 bridgehead atoms. The standard InChI is InChI=1S/C19H26OS2/c1-9-15-10-2-3-11(6-10)17(15)19(20)18-13-7-12(16(9)18)8-14(13)22-5-4-21/h10-18,21H,1-8H2. The summed E-state index contributed by atoms with van der Waals surface area (Å²) in [7, 11) is 0. The molecule has 0 aliphatic heterocycles. The Hall–Kier alpha value is 0.110. The lowest BCUT2D eigenvalue weighted by Gasteiger charge is -2.47. The van der Waals surface area contributed by atoms with E-state index in [1.807, 2.05) is 0 Å². The molecule has 0 N–H and O–H groups in total. The van der Waals surface area contributed by atoms with Crippen LogP contribution in [0, 0.1) is 47.3 Å². The summed E-state index contributed by atoms with van der Waals surface area (Å²) < 4.78 is 0. The highest BCUT2D eigenvalue weighted by molar-refractivity contribution is 8.00. The van der Waals surface area contributed by atoms with Crippen molar-refractivity contribution in [1.82, 2.24) is 0 Å². The van der Waals surface area contributed by atoms with Gasteiger partial charge >= 0.3 is 0 Å². The summed E-state index contributed by atoms with van der Waals surface area (Å²) in [5, 5.41) is 0.727. The van der Waals surface area contributed by atoms with Gasteiger partial charge in [-0.3, -0.25) is 4.79 Å². The first kappa shape index (κ1) is 14.5. The van der Waals surface area contributed by atoms with Crippen LogP contribution >= 0.6 is 24.4 Å². The Kier molecular flexibility index (Phi) is 3.32. The highest BCUT2D eigenvalue weighted by atomic mass is 32.2. The van der Waals surface area contributed by atoms with Gasteiger partial charge in [0.2, 0.25) is 0 Å². The van der Waals surface area contributed by atoms with E-state index in [0.29, 0.717) is 41.3 Å². The van der Waals surface area contributed by atoms with Crippen LogP contribution in [0.1, 0.15) is 32.1 Å². The first-order valence-electron chi connectivity index (χ1n) is 9.15. The van der Waals surface area contributed by atoms with Crippen molar-refractivity contribution >= 4 is 30.2 Å². The molecule has 0 aromatic rings. The maximum Gasteiger partial charge on any atom is 0.140 e. The number of hydrogen-bond donors (Lipinski definition) is 1. The number of ketones is 1. The third kappa shape index (κ3) is 1.73. The van der Waals surface area contributed by atoms with Crippen LogP contribution in [0.3, 0.4) is 0 Å². The van der Waals surface area contributed by atoms with Crippen molar-refractivity contribution in [2.75, 3.05) is 11.5 Å². The summed E-state index contributed by atoms with van der Waals surface area (Å²) in [5.74, 6) is 7.59. The first-order valence-corrected chi connectivity index (χ1v) is 10.8. The van der Waals surface area contributed by atoms with Crippen molar-refractivity contribution < 1.29 is 4.79 Å². The van der Waals surface area contributed by atoms with E-state index < -0.39 is 0 Å². The molecule has 3 heteroatoms. The number of allylic oxidation sites excluding steroid dienone is 1. The second kappa shape index (κ2) is 5.05. The van der Waals surface area contributed by atoms with Gasteiger partial charge in [0.15, 0.2) is 0 Å². The number of carbonyl (C=O) groups is 1. The first-order chi connectivity index (χ1) is 10.7. The summed E-state index contributed by atoms with van der Waals surface area (Å²) in [6.45, 7) is 4.59. The quantitative estimate of drug-likeness (QED) is 0.618. The number of thioether (sulfide) groups is 1. The fourth-order valence-electron chi connectivity index (χ4n) is 7.30. The van der Waals surface area contributed by atoms with E-state index in [1.165, 1.54) is 37.7 Å². The van der Waals surface area contributed by atoms with E-state index in [2.05, 4.69) is 31.0 Å². The van der Waals surface area contributed by atoms with Crippen LogP contribution in [0.15, 0.2) is 12.2 Å². The number of Topliss-reactive ketones (excluding diaryl/α,β-unsaturated/α-hetero) is 1. The third-order valence-electron chi connectivity index (χ3n) is 7.80. The summed E-state index contributed by atoms with van der Waals surface area (Å²) in [4.78, 5) is 13.4. The molecule has 0 spiro atoms. The molecule has 1 nitrogen and oxygen atoms in total. The molecule has 0 saturated heterocycles. The molecular weight excluding hydrogens is 308 g/mol. The van der Waals surface area contributed by atoms with E-state index in [4.69, 9.17) is 0 Å². The summed E-state index contributed by atoms with van der Waals surface area (Å²) >= 11 is 6.45. The van der Waals surface area contributed by atoms with Crippen molar-refractivity contribution in [2.45, 2.75) is 37.4 Å². The van der Waals surface area contributed by atoms with Crippen LogP contribution in [0.2, 0.25) is 0 Å². The third-order valence-corrected chi connectivity index (χ3v) is 9.73. The van der Waals surface area contributed by atoms with Crippen LogP contribution in [0.4, 0.5) is 0 Å². The van der Waals surface area contributed by atoms with Crippen molar-refractivity contribution in [3.63, 3.8) is 0 Å². The average molecular weight is 335 g/mol. The van der Waals surface area contributed by atoms with Gasteiger partial charge in [-0.2, -0.15) is 24.4 Å². The second-order valence-electron chi connectivity index (χ2n) is 8.44. The Morgan fingerprint density at radius 3 is 2.50 bits per heavy atom. The van der Waals surface area contributed by atoms with E-state index in [9.17, 15) is 4.79 Å². The fraction of sp³-hybridized carbons (Fsp3) is 0.842.